The van der Waals surface area contributed by atoms with Gasteiger partial charge in [0.25, 0.3) is 0 Å². The van der Waals surface area contributed by atoms with E-state index in [-0.39, 0.29) is 18.4 Å². The normalized spacial score (nSPS) is 14.2. The first-order valence-corrected chi connectivity index (χ1v) is 15.7. The van der Waals surface area contributed by atoms with Crippen molar-refractivity contribution in [2.24, 2.45) is 0 Å². The highest BCUT2D eigenvalue weighted by Crippen LogP contribution is 2.25. The Bertz CT molecular complexity index is 1310. The molecular weight excluding hydrogens is 562 g/mol. The van der Waals surface area contributed by atoms with Crippen LogP contribution in [0.2, 0.25) is 0 Å². The monoisotopic (exact) mass is 601 g/mol. The molecule has 222 valence electrons. The zero-order valence-electron chi connectivity index (χ0n) is 23.4. The van der Waals surface area contributed by atoms with Gasteiger partial charge >= 0.3 is 6.09 Å². The molecule has 2 N–H and O–H groups in total. The van der Waals surface area contributed by atoms with Gasteiger partial charge < -0.3 is 14.7 Å². The average Bonchev–Trinajstić information content (AvgIpc) is 2.93. The summed E-state index contributed by atoms with van der Waals surface area (Å²) in [6, 6.07) is 25.2. The molecular formula is C31H40ClN3O5S. The maximum atomic E-state index is 12.0. The molecule has 1 aliphatic rings. The number of likely N-dealkylation sites (tertiary alicyclic amines) is 1. The van der Waals surface area contributed by atoms with Gasteiger partial charge in [0.05, 0.1) is 6.26 Å². The van der Waals surface area contributed by atoms with Crippen LogP contribution in [0.1, 0.15) is 43.2 Å². The summed E-state index contributed by atoms with van der Waals surface area (Å²) in [4.78, 5) is 16.0. The summed E-state index contributed by atoms with van der Waals surface area (Å²) in [5.41, 5.74) is 2.99. The number of carboxylic acid groups (broad SMARTS) is 1. The molecule has 1 amide bonds. The number of sulfonamides is 1. The van der Waals surface area contributed by atoms with Gasteiger partial charge in [0.15, 0.2) is 0 Å². The van der Waals surface area contributed by atoms with E-state index in [1.54, 1.807) is 29.2 Å². The van der Waals surface area contributed by atoms with Crippen LogP contribution in [0.3, 0.4) is 0 Å². The molecule has 0 unspecified atom stereocenters. The Balaban J connectivity index is 0.00000462. The number of carbonyl (C=O) groups is 1. The van der Waals surface area contributed by atoms with Crippen molar-refractivity contribution in [3.05, 3.63) is 90.0 Å². The van der Waals surface area contributed by atoms with Crippen LogP contribution in [0, 0.1) is 0 Å². The zero-order valence-corrected chi connectivity index (χ0v) is 25.1. The molecule has 1 saturated heterocycles. The molecule has 4 rings (SSSR count). The Labute approximate surface area is 249 Å². The van der Waals surface area contributed by atoms with E-state index >= 15 is 0 Å². The zero-order chi connectivity index (χ0) is 28.4. The number of aryl methyl sites for hydroxylation is 1. The summed E-state index contributed by atoms with van der Waals surface area (Å²) in [5.74, 6) is 1.32. The summed E-state index contributed by atoms with van der Waals surface area (Å²) in [7, 11) is -3.31. The van der Waals surface area contributed by atoms with E-state index in [1.807, 2.05) is 30.3 Å². The lowest BCUT2D eigenvalue weighted by atomic mass is 10.0. The number of anilines is 1. The summed E-state index contributed by atoms with van der Waals surface area (Å²) >= 11 is 0. The first-order chi connectivity index (χ1) is 19.2. The van der Waals surface area contributed by atoms with Crippen molar-refractivity contribution in [3.8, 4) is 11.5 Å². The van der Waals surface area contributed by atoms with Crippen LogP contribution in [0.4, 0.5) is 10.5 Å². The number of hydrogen-bond acceptors (Lipinski definition) is 5. The van der Waals surface area contributed by atoms with E-state index < -0.39 is 16.1 Å². The van der Waals surface area contributed by atoms with E-state index in [2.05, 4.69) is 33.9 Å². The number of ether oxygens (including phenoxy) is 1. The van der Waals surface area contributed by atoms with Gasteiger partial charge in [-0.1, -0.05) is 48.9 Å². The van der Waals surface area contributed by atoms with E-state index in [9.17, 15) is 18.3 Å². The third-order valence-corrected chi connectivity index (χ3v) is 7.78. The van der Waals surface area contributed by atoms with Crippen molar-refractivity contribution < 1.29 is 23.1 Å². The second-order valence-electron chi connectivity index (χ2n) is 10.4. The maximum absolute atomic E-state index is 12.0. The Morgan fingerprint density at radius 3 is 2.10 bits per heavy atom. The van der Waals surface area contributed by atoms with Gasteiger partial charge in [-0.15, -0.1) is 12.4 Å². The van der Waals surface area contributed by atoms with Crippen molar-refractivity contribution >= 4 is 34.2 Å². The quantitative estimate of drug-likeness (QED) is 0.213. The van der Waals surface area contributed by atoms with E-state index in [1.165, 1.54) is 11.1 Å². The van der Waals surface area contributed by atoms with E-state index in [0.29, 0.717) is 23.7 Å². The van der Waals surface area contributed by atoms with Gasteiger partial charge in [0.2, 0.25) is 10.0 Å². The predicted molar refractivity (Wildman–Crippen MR) is 166 cm³/mol. The molecule has 1 aliphatic heterocycles. The lowest BCUT2D eigenvalue weighted by Crippen LogP contribution is -2.47. The second kappa shape index (κ2) is 15.7. The minimum Gasteiger partial charge on any atom is -0.465 e. The van der Waals surface area contributed by atoms with Crippen LogP contribution in [-0.2, 0) is 23.0 Å². The Morgan fingerprint density at radius 1 is 0.902 bits per heavy atom. The molecule has 0 atom stereocenters. The minimum atomic E-state index is -3.31. The molecule has 3 aromatic rings. The standard InChI is InChI=1S/C31H39N3O5S.ClH/c1-40(37,38)32-27-13-17-30(18-14-27)39-29-15-11-26(12-16-29)24-33-22-19-28(20-23-33)34(31(35)36)21-7-3-6-10-25-8-4-2-5-9-25;/h2,4-5,8-9,11-18,28,32H,3,6-7,10,19-24H2,1H3,(H,35,36);1H. The van der Waals surface area contributed by atoms with Crippen molar-refractivity contribution in [2.45, 2.75) is 51.1 Å². The van der Waals surface area contributed by atoms with Crippen molar-refractivity contribution in [2.75, 3.05) is 30.6 Å². The fourth-order valence-corrected chi connectivity index (χ4v) is 5.68. The van der Waals surface area contributed by atoms with Crippen molar-refractivity contribution in [3.63, 3.8) is 0 Å². The molecule has 8 nitrogen and oxygen atoms in total. The predicted octanol–water partition coefficient (Wildman–Crippen LogP) is 6.63. The number of halogens is 1. The fourth-order valence-electron chi connectivity index (χ4n) is 5.12. The van der Waals surface area contributed by atoms with Crippen LogP contribution < -0.4 is 9.46 Å². The van der Waals surface area contributed by atoms with Crippen LogP contribution >= 0.6 is 12.4 Å². The van der Waals surface area contributed by atoms with Crippen LogP contribution in [0.15, 0.2) is 78.9 Å². The summed E-state index contributed by atoms with van der Waals surface area (Å²) in [5, 5.41) is 9.82. The largest absolute Gasteiger partial charge is 0.465 e. The molecule has 41 heavy (non-hydrogen) atoms. The summed E-state index contributed by atoms with van der Waals surface area (Å²) in [6.07, 6.45) is 6.05. The van der Waals surface area contributed by atoms with Gasteiger partial charge in [-0.25, -0.2) is 13.2 Å². The molecule has 3 aromatic carbocycles. The minimum absolute atomic E-state index is 0. The Hall–Kier alpha value is -3.27. The second-order valence-corrected chi connectivity index (χ2v) is 12.2. The molecule has 0 spiro atoms. The molecule has 10 heteroatoms. The van der Waals surface area contributed by atoms with Crippen LogP contribution in [0.5, 0.6) is 11.5 Å². The molecule has 0 radical (unpaired) electrons. The molecule has 1 heterocycles. The van der Waals surface area contributed by atoms with Crippen molar-refractivity contribution in [1.29, 1.82) is 0 Å². The SMILES string of the molecule is CS(=O)(=O)Nc1ccc(Oc2ccc(CN3CCC(N(CCCCCc4ccccc4)C(=O)O)CC3)cc2)cc1.Cl. The first-order valence-electron chi connectivity index (χ1n) is 13.9. The number of nitrogens with zero attached hydrogens (tertiary/aromatic N) is 2. The summed E-state index contributed by atoms with van der Waals surface area (Å²) in [6.45, 7) is 3.15. The number of amides is 1. The van der Waals surface area contributed by atoms with Gasteiger partial charge in [-0.2, -0.15) is 0 Å². The fraction of sp³-hybridized carbons (Fsp3) is 0.387. The number of benzene rings is 3. The molecule has 0 bridgehead atoms. The number of rotatable bonds is 13. The summed E-state index contributed by atoms with van der Waals surface area (Å²) < 4.78 is 31.0. The number of hydrogen-bond donors (Lipinski definition) is 2. The molecule has 0 saturated carbocycles. The Morgan fingerprint density at radius 2 is 1.51 bits per heavy atom. The van der Waals surface area contributed by atoms with Gasteiger partial charge in [-0.05, 0) is 79.6 Å². The number of piperidine rings is 1. The average molecular weight is 602 g/mol. The lowest BCUT2D eigenvalue weighted by molar-refractivity contribution is 0.0876. The van der Waals surface area contributed by atoms with Crippen LogP contribution in [0.25, 0.3) is 0 Å². The van der Waals surface area contributed by atoms with Gasteiger partial charge in [0, 0.05) is 37.9 Å². The Kier molecular flexibility index (Phi) is 12.3. The number of unbranched alkanes of at least 4 members (excludes halogenated alkanes) is 2. The third-order valence-electron chi connectivity index (χ3n) is 7.17. The third kappa shape index (κ3) is 10.9. The highest BCUT2D eigenvalue weighted by atomic mass is 35.5. The van der Waals surface area contributed by atoms with Gasteiger partial charge in [-0.3, -0.25) is 9.62 Å². The number of nitrogens with one attached hydrogen (secondary N) is 1. The van der Waals surface area contributed by atoms with Crippen molar-refractivity contribution in [1.82, 2.24) is 9.80 Å². The van der Waals surface area contributed by atoms with Crippen LogP contribution in [-0.4, -0.2) is 61.3 Å². The van der Waals surface area contributed by atoms with Gasteiger partial charge in [0.1, 0.15) is 11.5 Å². The molecule has 0 aliphatic carbocycles. The highest BCUT2D eigenvalue weighted by molar-refractivity contribution is 7.92. The topological polar surface area (TPSA) is 99.2 Å². The smallest absolute Gasteiger partial charge is 0.407 e. The van der Waals surface area contributed by atoms with E-state index in [4.69, 9.17) is 4.74 Å². The molecule has 1 fully saturated rings. The first kappa shape index (κ1) is 32.2. The highest BCUT2D eigenvalue weighted by Gasteiger charge is 2.27. The van der Waals surface area contributed by atoms with E-state index in [0.717, 1.165) is 64.4 Å². The molecule has 0 aromatic heterocycles. The lowest BCUT2D eigenvalue weighted by Gasteiger charge is -2.37. The maximum Gasteiger partial charge on any atom is 0.407 e.